The summed E-state index contributed by atoms with van der Waals surface area (Å²) < 4.78 is 0. The Kier molecular flexibility index (Phi) is 7.10. The fraction of sp³-hybridized carbons (Fsp3) is 0.333. The third-order valence-corrected chi connectivity index (χ3v) is 5.12. The standard InChI is InChI=1S/C21H25N5O4/c1-16(21(28)23-18-9-5-6-10-19(18)26(29)30)25-13-11-24(12-14-25)15-20(27)22-17-7-3-2-4-8-17/h2-10,16H,11-15H2,1H3,(H,22,27)(H,23,28). The van der Waals surface area contributed by atoms with Gasteiger partial charge in [0.15, 0.2) is 0 Å². The number of piperazine rings is 1. The SMILES string of the molecule is CC(C(=O)Nc1ccccc1[N+](=O)[O-])N1CCN(CC(=O)Nc2ccccc2)CC1. The molecule has 9 nitrogen and oxygen atoms in total. The van der Waals surface area contributed by atoms with Crippen molar-refractivity contribution in [1.29, 1.82) is 0 Å². The van der Waals surface area contributed by atoms with Gasteiger partial charge >= 0.3 is 0 Å². The lowest BCUT2D eigenvalue weighted by Gasteiger charge is -2.37. The van der Waals surface area contributed by atoms with Crippen molar-refractivity contribution in [3.63, 3.8) is 0 Å². The number of nitrogens with zero attached hydrogens (tertiary/aromatic N) is 3. The molecule has 0 bridgehead atoms. The van der Waals surface area contributed by atoms with Crippen molar-refractivity contribution in [2.75, 3.05) is 43.4 Å². The molecule has 1 atom stereocenters. The van der Waals surface area contributed by atoms with Crippen LogP contribution in [0.15, 0.2) is 54.6 Å². The smallest absolute Gasteiger partial charge is 0.292 e. The Morgan fingerprint density at radius 3 is 2.30 bits per heavy atom. The second kappa shape index (κ2) is 9.95. The molecule has 1 unspecified atom stereocenters. The predicted octanol–water partition coefficient (Wildman–Crippen LogP) is 2.18. The van der Waals surface area contributed by atoms with Crippen LogP contribution in [0, 0.1) is 10.1 Å². The number of amides is 2. The summed E-state index contributed by atoms with van der Waals surface area (Å²) in [4.78, 5) is 39.5. The van der Waals surface area contributed by atoms with Gasteiger partial charge in [-0.2, -0.15) is 0 Å². The third kappa shape index (κ3) is 5.62. The molecule has 9 heteroatoms. The van der Waals surface area contributed by atoms with Crippen LogP contribution >= 0.6 is 0 Å². The van der Waals surface area contributed by atoms with E-state index in [1.807, 2.05) is 40.1 Å². The van der Waals surface area contributed by atoms with Crippen molar-refractivity contribution in [2.24, 2.45) is 0 Å². The van der Waals surface area contributed by atoms with Crippen molar-refractivity contribution < 1.29 is 14.5 Å². The molecule has 0 saturated carbocycles. The summed E-state index contributed by atoms with van der Waals surface area (Å²) >= 11 is 0. The minimum absolute atomic E-state index is 0.0724. The van der Waals surface area contributed by atoms with E-state index in [0.29, 0.717) is 32.7 Å². The zero-order valence-electron chi connectivity index (χ0n) is 16.8. The summed E-state index contributed by atoms with van der Waals surface area (Å²) in [6.07, 6.45) is 0. The largest absolute Gasteiger partial charge is 0.325 e. The van der Waals surface area contributed by atoms with Crippen LogP contribution in [0.4, 0.5) is 17.1 Å². The molecule has 30 heavy (non-hydrogen) atoms. The first-order valence-corrected chi connectivity index (χ1v) is 9.79. The normalized spacial score (nSPS) is 15.9. The number of nitro benzene ring substituents is 1. The predicted molar refractivity (Wildman–Crippen MR) is 114 cm³/mol. The van der Waals surface area contributed by atoms with Crippen molar-refractivity contribution in [3.8, 4) is 0 Å². The molecule has 1 aliphatic heterocycles. The molecule has 1 heterocycles. The first kappa shape index (κ1) is 21.4. The summed E-state index contributed by atoms with van der Waals surface area (Å²) in [5.41, 5.74) is 0.823. The molecular weight excluding hydrogens is 386 g/mol. The number of nitrogens with one attached hydrogen (secondary N) is 2. The fourth-order valence-electron chi connectivity index (χ4n) is 3.38. The topological polar surface area (TPSA) is 108 Å². The zero-order chi connectivity index (χ0) is 21.5. The number of hydrogen-bond acceptors (Lipinski definition) is 6. The summed E-state index contributed by atoms with van der Waals surface area (Å²) in [6.45, 7) is 4.65. The lowest BCUT2D eigenvalue weighted by Crippen LogP contribution is -2.53. The van der Waals surface area contributed by atoms with Crippen molar-refractivity contribution in [3.05, 3.63) is 64.7 Å². The van der Waals surface area contributed by atoms with Gasteiger partial charge in [0.2, 0.25) is 11.8 Å². The summed E-state index contributed by atoms with van der Waals surface area (Å²) in [7, 11) is 0. The van der Waals surface area contributed by atoms with Gasteiger partial charge < -0.3 is 10.6 Å². The van der Waals surface area contributed by atoms with Gasteiger partial charge in [-0.05, 0) is 25.1 Å². The Bertz CT molecular complexity index is 897. The summed E-state index contributed by atoms with van der Waals surface area (Å²) in [5.74, 6) is -0.364. The molecule has 158 valence electrons. The average Bonchev–Trinajstić information content (AvgIpc) is 2.74. The van der Waals surface area contributed by atoms with Crippen LogP contribution in [-0.2, 0) is 9.59 Å². The lowest BCUT2D eigenvalue weighted by atomic mass is 10.2. The minimum atomic E-state index is -0.514. The molecular formula is C21H25N5O4. The molecule has 0 radical (unpaired) electrons. The van der Waals surface area contributed by atoms with Crippen LogP contribution in [0.2, 0.25) is 0 Å². The molecule has 1 fully saturated rings. The van der Waals surface area contributed by atoms with Gasteiger partial charge in [0, 0.05) is 37.9 Å². The molecule has 1 aliphatic rings. The lowest BCUT2D eigenvalue weighted by molar-refractivity contribution is -0.383. The number of anilines is 2. The second-order valence-electron chi connectivity index (χ2n) is 7.17. The van der Waals surface area contributed by atoms with Crippen molar-refractivity contribution in [1.82, 2.24) is 9.80 Å². The van der Waals surface area contributed by atoms with E-state index in [1.54, 1.807) is 19.1 Å². The Balaban J connectivity index is 1.48. The molecule has 0 aromatic heterocycles. The third-order valence-electron chi connectivity index (χ3n) is 5.12. The number of nitro groups is 1. The zero-order valence-corrected chi connectivity index (χ0v) is 16.8. The highest BCUT2D eigenvalue weighted by Crippen LogP contribution is 2.23. The molecule has 2 aromatic carbocycles. The Labute approximate surface area is 174 Å². The van der Waals surface area contributed by atoms with E-state index in [4.69, 9.17) is 0 Å². The number of benzene rings is 2. The number of carbonyl (C=O) groups excluding carboxylic acids is 2. The molecule has 0 spiro atoms. The van der Waals surface area contributed by atoms with Crippen LogP contribution < -0.4 is 10.6 Å². The van der Waals surface area contributed by atoms with E-state index in [0.717, 1.165) is 5.69 Å². The van der Waals surface area contributed by atoms with Crippen molar-refractivity contribution >= 4 is 28.9 Å². The summed E-state index contributed by atoms with van der Waals surface area (Å²) in [5, 5.41) is 16.6. The average molecular weight is 411 g/mol. The van der Waals surface area contributed by atoms with Crippen LogP contribution in [0.5, 0.6) is 0 Å². The molecule has 2 aromatic rings. The Morgan fingerprint density at radius 2 is 1.63 bits per heavy atom. The highest BCUT2D eigenvalue weighted by atomic mass is 16.6. The molecule has 1 saturated heterocycles. The number of carbonyl (C=O) groups is 2. The Hall–Kier alpha value is -3.30. The highest BCUT2D eigenvalue weighted by Gasteiger charge is 2.27. The van der Waals surface area contributed by atoms with Crippen LogP contribution in [0.3, 0.4) is 0 Å². The maximum Gasteiger partial charge on any atom is 0.292 e. The van der Waals surface area contributed by atoms with Gasteiger partial charge in [-0.25, -0.2) is 0 Å². The number of para-hydroxylation sites is 3. The first-order chi connectivity index (χ1) is 14.4. The molecule has 2 amide bonds. The fourth-order valence-corrected chi connectivity index (χ4v) is 3.38. The number of hydrogen-bond donors (Lipinski definition) is 2. The quantitative estimate of drug-likeness (QED) is 0.534. The number of rotatable bonds is 7. The van der Waals surface area contributed by atoms with E-state index in [9.17, 15) is 19.7 Å². The molecule has 2 N–H and O–H groups in total. The van der Waals surface area contributed by atoms with Crippen LogP contribution in [0.1, 0.15) is 6.92 Å². The maximum absolute atomic E-state index is 12.6. The van der Waals surface area contributed by atoms with E-state index < -0.39 is 11.0 Å². The van der Waals surface area contributed by atoms with Gasteiger partial charge in [-0.1, -0.05) is 30.3 Å². The van der Waals surface area contributed by atoms with Gasteiger partial charge in [0.25, 0.3) is 5.69 Å². The molecule has 0 aliphatic carbocycles. The minimum Gasteiger partial charge on any atom is -0.325 e. The van der Waals surface area contributed by atoms with Gasteiger partial charge in [-0.15, -0.1) is 0 Å². The second-order valence-corrected chi connectivity index (χ2v) is 7.17. The van der Waals surface area contributed by atoms with E-state index in [1.165, 1.54) is 12.1 Å². The monoisotopic (exact) mass is 411 g/mol. The van der Waals surface area contributed by atoms with Crippen LogP contribution in [0.25, 0.3) is 0 Å². The maximum atomic E-state index is 12.6. The van der Waals surface area contributed by atoms with E-state index in [-0.39, 0.29) is 23.2 Å². The molecule has 3 rings (SSSR count). The first-order valence-electron chi connectivity index (χ1n) is 9.79. The summed E-state index contributed by atoms with van der Waals surface area (Å²) in [6, 6.07) is 15.0. The van der Waals surface area contributed by atoms with Gasteiger partial charge in [-0.3, -0.25) is 29.5 Å². The van der Waals surface area contributed by atoms with E-state index >= 15 is 0 Å². The van der Waals surface area contributed by atoms with Gasteiger partial charge in [0.05, 0.1) is 17.5 Å². The van der Waals surface area contributed by atoms with Crippen LogP contribution in [-0.4, -0.2) is 65.3 Å². The Morgan fingerprint density at radius 1 is 1.00 bits per heavy atom. The highest BCUT2D eigenvalue weighted by molar-refractivity contribution is 5.96. The van der Waals surface area contributed by atoms with Crippen molar-refractivity contribution in [2.45, 2.75) is 13.0 Å². The van der Waals surface area contributed by atoms with E-state index in [2.05, 4.69) is 10.6 Å². The van der Waals surface area contributed by atoms with Gasteiger partial charge in [0.1, 0.15) is 5.69 Å².